The van der Waals surface area contributed by atoms with Crippen LogP contribution in [0.4, 0.5) is 15.8 Å². The standard InChI is InChI=1S/C11H16FN3O2/c1-7(2)11(6-13)14-9-3-8(12)4-10(5-9)15(16)17/h3-5,7,11,14H,6,13H2,1-2H3. The molecule has 0 amide bonds. The molecule has 5 nitrogen and oxygen atoms in total. The van der Waals surface area contributed by atoms with Crippen LogP contribution in [0.2, 0.25) is 0 Å². The van der Waals surface area contributed by atoms with E-state index >= 15 is 0 Å². The molecule has 0 aliphatic carbocycles. The van der Waals surface area contributed by atoms with Gasteiger partial charge < -0.3 is 11.1 Å². The van der Waals surface area contributed by atoms with Gasteiger partial charge in [0, 0.05) is 24.3 Å². The van der Waals surface area contributed by atoms with Crippen LogP contribution in [0.1, 0.15) is 13.8 Å². The van der Waals surface area contributed by atoms with Crippen molar-refractivity contribution in [3.05, 3.63) is 34.1 Å². The second-order valence-corrected chi connectivity index (χ2v) is 4.19. The van der Waals surface area contributed by atoms with Crippen LogP contribution < -0.4 is 11.1 Å². The van der Waals surface area contributed by atoms with Crippen LogP contribution in [0.5, 0.6) is 0 Å². The third kappa shape index (κ3) is 3.67. The highest BCUT2D eigenvalue weighted by Crippen LogP contribution is 2.21. The quantitative estimate of drug-likeness (QED) is 0.611. The largest absolute Gasteiger partial charge is 0.380 e. The highest BCUT2D eigenvalue weighted by Gasteiger charge is 2.14. The summed E-state index contributed by atoms with van der Waals surface area (Å²) in [5.74, 6) is -0.386. The monoisotopic (exact) mass is 241 g/mol. The Hall–Kier alpha value is -1.69. The zero-order valence-corrected chi connectivity index (χ0v) is 9.81. The molecule has 1 atom stereocenters. The number of nitrogens with two attached hydrogens (primary N) is 1. The molecule has 1 aromatic rings. The number of hydrogen-bond donors (Lipinski definition) is 2. The van der Waals surface area contributed by atoms with Crippen molar-refractivity contribution in [1.82, 2.24) is 0 Å². The molecule has 6 heteroatoms. The molecule has 0 aliphatic heterocycles. The number of hydrogen-bond acceptors (Lipinski definition) is 4. The fraction of sp³-hybridized carbons (Fsp3) is 0.455. The molecule has 0 heterocycles. The maximum atomic E-state index is 13.2. The summed E-state index contributed by atoms with van der Waals surface area (Å²) >= 11 is 0. The maximum absolute atomic E-state index is 13.2. The lowest BCUT2D eigenvalue weighted by Gasteiger charge is -2.21. The van der Waals surface area contributed by atoms with Crippen molar-refractivity contribution >= 4 is 11.4 Å². The fourth-order valence-corrected chi connectivity index (χ4v) is 1.47. The van der Waals surface area contributed by atoms with Gasteiger partial charge >= 0.3 is 0 Å². The van der Waals surface area contributed by atoms with Gasteiger partial charge in [-0.25, -0.2) is 4.39 Å². The summed E-state index contributed by atoms with van der Waals surface area (Å²) in [6, 6.07) is 3.36. The molecule has 0 aromatic heterocycles. The van der Waals surface area contributed by atoms with E-state index in [0.29, 0.717) is 12.2 Å². The molecule has 0 fully saturated rings. The van der Waals surface area contributed by atoms with Crippen LogP contribution in [0, 0.1) is 21.8 Å². The van der Waals surface area contributed by atoms with Gasteiger partial charge in [0.25, 0.3) is 5.69 Å². The number of non-ortho nitro benzene ring substituents is 1. The van der Waals surface area contributed by atoms with Crippen molar-refractivity contribution in [3.63, 3.8) is 0 Å². The van der Waals surface area contributed by atoms with Gasteiger partial charge in [0.15, 0.2) is 0 Å². The van der Waals surface area contributed by atoms with Gasteiger partial charge in [0.2, 0.25) is 0 Å². The first-order chi connectivity index (χ1) is 7.93. The lowest BCUT2D eigenvalue weighted by molar-refractivity contribution is -0.385. The molecule has 0 aliphatic rings. The molecule has 0 saturated heterocycles. The minimum Gasteiger partial charge on any atom is -0.380 e. The Kier molecular flexibility index (Phi) is 4.39. The topological polar surface area (TPSA) is 81.2 Å². The molecule has 0 radical (unpaired) electrons. The fourth-order valence-electron chi connectivity index (χ4n) is 1.47. The second kappa shape index (κ2) is 5.58. The van der Waals surface area contributed by atoms with Gasteiger partial charge in [-0.05, 0) is 12.0 Å². The number of rotatable bonds is 5. The molecule has 94 valence electrons. The molecular weight excluding hydrogens is 225 g/mol. The summed E-state index contributed by atoms with van der Waals surface area (Å²) in [4.78, 5) is 9.96. The van der Waals surface area contributed by atoms with Gasteiger partial charge in [-0.15, -0.1) is 0 Å². The Labute approximate surface area is 99.0 Å². The first-order valence-corrected chi connectivity index (χ1v) is 5.35. The number of benzene rings is 1. The zero-order valence-electron chi connectivity index (χ0n) is 9.81. The van der Waals surface area contributed by atoms with E-state index in [1.54, 1.807) is 0 Å². The Morgan fingerprint density at radius 3 is 2.59 bits per heavy atom. The normalized spacial score (nSPS) is 12.5. The lowest BCUT2D eigenvalue weighted by Crippen LogP contribution is -2.33. The Bertz CT molecular complexity index is 410. The summed E-state index contributed by atoms with van der Waals surface area (Å²) in [5, 5.41) is 13.6. The summed E-state index contributed by atoms with van der Waals surface area (Å²) in [5.41, 5.74) is 5.67. The van der Waals surface area contributed by atoms with E-state index < -0.39 is 10.7 Å². The number of nitro benzene ring substituents is 1. The molecule has 0 spiro atoms. The van der Waals surface area contributed by atoms with Gasteiger partial charge in [0.1, 0.15) is 5.82 Å². The average molecular weight is 241 g/mol. The van der Waals surface area contributed by atoms with Crippen LogP contribution >= 0.6 is 0 Å². The molecular formula is C11H16FN3O2. The number of nitrogens with zero attached hydrogens (tertiary/aromatic N) is 1. The maximum Gasteiger partial charge on any atom is 0.274 e. The van der Waals surface area contributed by atoms with E-state index in [1.165, 1.54) is 12.1 Å². The first kappa shape index (κ1) is 13.4. The van der Waals surface area contributed by atoms with Crippen molar-refractivity contribution in [2.24, 2.45) is 11.7 Å². The summed E-state index contributed by atoms with van der Waals surface area (Å²) < 4.78 is 13.2. The van der Waals surface area contributed by atoms with Gasteiger partial charge in [-0.3, -0.25) is 10.1 Å². The predicted molar refractivity (Wildman–Crippen MR) is 64.4 cm³/mol. The number of nitrogens with one attached hydrogen (secondary N) is 1. The number of halogens is 1. The Morgan fingerprint density at radius 2 is 2.12 bits per heavy atom. The van der Waals surface area contributed by atoms with Gasteiger partial charge in [-0.2, -0.15) is 0 Å². The average Bonchev–Trinajstić information content (AvgIpc) is 2.24. The third-order valence-corrected chi connectivity index (χ3v) is 2.50. The van der Waals surface area contributed by atoms with Crippen molar-refractivity contribution in [2.45, 2.75) is 19.9 Å². The molecule has 1 rings (SSSR count). The van der Waals surface area contributed by atoms with Crippen LogP contribution in [-0.4, -0.2) is 17.5 Å². The van der Waals surface area contributed by atoms with Crippen molar-refractivity contribution in [1.29, 1.82) is 0 Å². The van der Waals surface area contributed by atoms with Gasteiger partial charge in [0.05, 0.1) is 11.0 Å². The van der Waals surface area contributed by atoms with E-state index in [0.717, 1.165) is 6.07 Å². The predicted octanol–water partition coefficient (Wildman–Crippen LogP) is 2.13. The van der Waals surface area contributed by atoms with E-state index in [9.17, 15) is 14.5 Å². The highest BCUT2D eigenvalue weighted by molar-refractivity contribution is 5.52. The highest BCUT2D eigenvalue weighted by atomic mass is 19.1. The van der Waals surface area contributed by atoms with E-state index in [-0.39, 0.29) is 17.6 Å². The number of anilines is 1. The molecule has 1 unspecified atom stereocenters. The van der Waals surface area contributed by atoms with Crippen LogP contribution in [-0.2, 0) is 0 Å². The first-order valence-electron chi connectivity index (χ1n) is 5.35. The summed E-state index contributed by atoms with van der Waals surface area (Å²) in [6.45, 7) is 4.32. The molecule has 3 N–H and O–H groups in total. The minimum atomic E-state index is -0.638. The molecule has 1 aromatic carbocycles. The van der Waals surface area contributed by atoms with E-state index in [2.05, 4.69) is 5.32 Å². The smallest absolute Gasteiger partial charge is 0.274 e. The van der Waals surface area contributed by atoms with E-state index in [1.807, 2.05) is 13.8 Å². The summed E-state index contributed by atoms with van der Waals surface area (Å²) in [7, 11) is 0. The molecule has 17 heavy (non-hydrogen) atoms. The molecule has 0 saturated carbocycles. The van der Waals surface area contributed by atoms with Crippen LogP contribution in [0.15, 0.2) is 18.2 Å². The molecule has 0 bridgehead atoms. The van der Waals surface area contributed by atoms with Crippen molar-refractivity contribution in [2.75, 3.05) is 11.9 Å². The second-order valence-electron chi connectivity index (χ2n) is 4.19. The Balaban J connectivity index is 2.94. The number of nitro groups is 1. The van der Waals surface area contributed by atoms with Crippen LogP contribution in [0.3, 0.4) is 0 Å². The SMILES string of the molecule is CC(C)C(CN)Nc1cc(F)cc([N+](=O)[O-])c1. The Morgan fingerprint density at radius 1 is 1.47 bits per heavy atom. The lowest BCUT2D eigenvalue weighted by atomic mass is 10.0. The van der Waals surface area contributed by atoms with Gasteiger partial charge in [-0.1, -0.05) is 13.8 Å². The summed E-state index contributed by atoms with van der Waals surface area (Å²) in [6.07, 6.45) is 0. The third-order valence-electron chi connectivity index (χ3n) is 2.50. The minimum absolute atomic E-state index is 0.0450. The van der Waals surface area contributed by atoms with Crippen molar-refractivity contribution in [3.8, 4) is 0 Å². The zero-order chi connectivity index (χ0) is 13.0. The van der Waals surface area contributed by atoms with E-state index in [4.69, 9.17) is 5.73 Å². The van der Waals surface area contributed by atoms with Crippen LogP contribution in [0.25, 0.3) is 0 Å². The van der Waals surface area contributed by atoms with Crippen molar-refractivity contribution < 1.29 is 9.31 Å².